The predicted molar refractivity (Wildman–Crippen MR) is 110 cm³/mol. The highest BCUT2D eigenvalue weighted by Crippen LogP contribution is 2.28. The Labute approximate surface area is 166 Å². The average molecular weight is 458 g/mol. The van der Waals surface area contributed by atoms with Crippen molar-refractivity contribution in [3.63, 3.8) is 0 Å². The van der Waals surface area contributed by atoms with Crippen molar-refractivity contribution >= 4 is 35.8 Å². The molecule has 1 aromatic rings. The lowest BCUT2D eigenvalue weighted by Gasteiger charge is -2.36. The van der Waals surface area contributed by atoms with Gasteiger partial charge >= 0.3 is 0 Å². The molecule has 0 radical (unpaired) electrons. The summed E-state index contributed by atoms with van der Waals surface area (Å²) in [6.45, 7) is 5.54. The Morgan fingerprint density at radius 1 is 1.28 bits per heavy atom. The monoisotopic (exact) mass is 458 g/mol. The van der Waals surface area contributed by atoms with Gasteiger partial charge in [-0.25, -0.2) is 0 Å². The van der Waals surface area contributed by atoms with Gasteiger partial charge < -0.3 is 20.2 Å². The summed E-state index contributed by atoms with van der Waals surface area (Å²) in [5.41, 5.74) is 1.14. The lowest BCUT2D eigenvalue weighted by atomic mass is 10.1. The Kier molecular flexibility index (Phi) is 7.34. The quantitative estimate of drug-likeness (QED) is 0.402. The highest BCUT2D eigenvalue weighted by Gasteiger charge is 2.36. The molecule has 0 bridgehead atoms. The van der Waals surface area contributed by atoms with E-state index in [9.17, 15) is 9.90 Å². The van der Waals surface area contributed by atoms with Crippen molar-refractivity contribution < 1.29 is 9.90 Å². The van der Waals surface area contributed by atoms with Crippen LogP contribution in [0.15, 0.2) is 29.3 Å². The average Bonchev–Trinajstić information content (AvgIpc) is 3.40. The molecule has 1 amide bonds. The highest BCUT2D eigenvalue weighted by atomic mass is 127. The number of phenolic OH excluding ortho intramolecular Hbond substituents is 1. The van der Waals surface area contributed by atoms with Crippen LogP contribution < -0.4 is 5.32 Å². The number of rotatable bonds is 5. The number of aliphatic imine (C=N–C) groups is 1. The number of carbonyl (C=O) groups is 1. The number of benzene rings is 1. The first kappa shape index (κ1) is 19.8. The van der Waals surface area contributed by atoms with Gasteiger partial charge in [0.05, 0.1) is 6.54 Å². The van der Waals surface area contributed by atoms with E-state index in [1.54, 1.807) is 12.1 Å². The lowest BCUT2D eigenvalue weighted by molar-refractivity contribution is -0.135. The molecule has 2 fully saturated rings. The molecule has 1 aliphatic heterocycles. The summed E-state index contributed by atoms with van der Waals surface area (Å²) in [4.78, 5) is 21.1. The molecule has 1 aliphatic carbocycles. The molecule has 1 saturated carbocycles. The fraction of sp³-hybridized carbons (Fsp3) is 0.556. The minimum atomic E-state index is 0. The zero-order chi connectivity index (χ0) is 16.9. The van der Waals surface area contributed by atoms with Crippen LogP contribution in [0.1, 0.15) is 25.3 Å². The molecule has 7 heteroatoms. The van der Waals surface area contributed by atoms with E-state index in [2.05, 4.69) is 15.2 Å². The van der Waals surface area contributed by atoms with Gasteiger partial charge in [0.15, 0.2) is 5.96 Å². The van der Waals surface area contributed by atoms with E-state index in [1.807, 2.05) is 24.0 Å². The number of phenols is 1. The Morgan fingerprint density at radius 2 is 2.00 bits per heavy atom. The first-order chi connectivity index (χ1) is 11.7. The second-order valence-electron chi connectivity index (χ2n) is 6.39. The van der Waals surface area contributed by atoms with Crippen LogP contribution in [-0.2, 0) is 11.2 Å². The number of amides is 1. The van der Waals surface area contributed by atoms with Crippen LogP contribution in [0.5, 0.6) is 5.75 Å². The van der Waals surface area contributed by atoms with Crippen LogP contribution in [0.3, 0.4) is 0 Å². The second-order valence-corrected chi connectivity index (χ2v) is 6.39. The number of nitrogens with one attached hydrogen (secondary N) is 1. The number of guanidine groups is 1. The SMILES string of the molecule is CCNC(=NCCc1ccc(O)cc1)N1CCN(C2CC2)C(=O)C1.I. The van der Waals surface area contributed by atoms with Crippen molar-refractivity contribution in [2.45, 2.75) is 32.2 Å². The van der Waals surface area contributed by atoms with E-state index < -0.39 is 0 Å². The molecule has 1 aromatic carbocycles. The van der Waals surface area contributed by atoms with Gasteiger partial charge in [-0.15, -0.1) is 24.0 Å². The van der Waals surface area contributed by atoms with Crippen LogP contribution in [0.4, 0.5) is 0 Å². The van der Waals surface area contributed by atoms with Crippen molar-refractivity contribution in [2.75, 3.05) is 32.7 Å². The van der Waals surface area contributed by atoms with E-state index in [4.69, 9.17) is 0 Å². The summed E-state index contributed by atoms with van der Waals surface area (Å²) in [5.74, 6) is 1.32. The van der Waals surface area contributed by atoms with Gasteiger partial charge in [0, 0.05) is 32.2 Å². The number of aromatic hydroxyl groups is 1. The molecule has 0 aromatic heterocycles. The standard InChI is InChI=1S/C18H26N4O2.HI/c1-2-19-18(20-10-9-14-3-7-16(23)8-4-14)21-11-12-22(15-5-6-15)17(24)13-21;/h3-4,7-8,15,23H,2,5-6,9-13H2,1H3,(H,19,20);1H. The van der Waals surface area contributed by atoms with E-state index in [-0.39, 0.29) is 35.6 Å². The maximum Gasteiger partial charge on any atom is 0.242 e. The largest absolute Gasteiger partial charge is 0.508 e. The minimum Gasteiger partial charge on any atom is -0.508 e. The van der Waals surface area contributed by atoms with Crippen molar-refractivity contribution in [3.8, 4) is 5.75 Å². The lowest BCUT2D eigenvalue weighted by Crippen LogP contribution is -2.55. The molecule has 2 N–H and O–H groups in total. The summed E-state index contributed by atoms with van der Waals surface area (Å²) in [5, 5.41) is 12.6. The summed E-state index contributed by atoms with van der Waals surface area (Å²) >= 11 is 0. The number of hydrogen-bond donors (Lipinski definition) is 2. The topological polar surface area (TPSA) is 68.2 Å². The Morgan fingerprint density at radius 3 is 2.60 bits per heavy atom. The fourth-order valence-corrected chi connectivity index (χ4v) is 3.02. The Hall–Kier alpha value is -1.51. The van der Waals surface area contributed by atoms with Gasteiger partial charge in [-0.05, 0) is 43.9 Å². The van der Waals surface area contributed by atoms with Gasteiger partial charge in [-0.3, -0.25) is 9.79 Å². The van der Waals surface area contributed by atoms with Gasteiger partial charge in [-0.2, -0.15) is 0 Å². The second kappa shape index (κ2) is 9.26. The summed E-state index contributed by atoms with van der Waals surface area (Å²) < 4.78 is 0. The fourth-order valence-electron chi connectivity index (χ4n) is 3.02. The zero-order valence-electron chi connectivity index (χ0n) is 14.6. The Balaban J connectivity index is 0.00000225. The zero-order valence-corrected chi connectivity index (χ0v) is 17.0. The summed E-state index contributed by atoms with van der Waals surface area (Å²) in [6.07, 6.45) is 3.13. The molecule has 6 nitrogen and oxygen atoms in total. The first-order valence-corrected chi connectivity index (χ1v) is 8.78. The third-order valence-electron chi connectivity index (χ3n) is 4.48. The van der Waals surface area contributed by atoms with Gasteiger partial charge in [0.1, 0.15) is 5.75 Å². The van der Waals surface area contributed by atoms with Crippen LogP contribution in [-0.4, -0.2) is 65.5 Å². The number of hydrogen-bond acceptors (Lipinski definition) is 3. The summed E-state index contributed by atoms with van der Waals surface area (Å²) in [6, 6.07) is 7.71. The number of nitrogens with zero attached hydrogens (tertiary/aromatic N) is 3. The molecular formula is C18H27IN4O2. The number of carbonyl (C=O) groups excluding carboxylic acids is 1. The van der Waals surface area contributed by atoms with Crippen LogP contribution in [0.25, 0.3) is 0 Å². The smallest absolute Gasteiger partial charge is 0.242 e. The normalized spacial score (nSPS) is 18.1. The third kappa shape index (κ3) is 5.49. The van der Waals surface area contributed by atoms with Crippen molar-refractivity contribution in [2.24, 2.45) is 4.99 Å². The van der Waals surface area contributed by atoms with Crippen LogP contribution in [0, 0.1) is 0 Å². The van der Waals surface area contributed by atoms with Crippen LogP contribution >= 0.6 is 24.0 Å². The number of halogens is 1. The molecule has 2 aliphatic rings. The van der Waals surface area contributed by atoms with E-state index >= 15 is 0 Å². The van der Waals surface area contributed by atoms with Gasteiger partial charge in [-0.1, -0.05) is 12.1 Å². The molecule has 25 heavy (non-hydrogen) atoms. The van der Waals surface area contributed by atoms with Crippen LogP contribution in [0.2, 0.25) is 0 Å². The van der Waals surface area contributed by atoms with E-state index in [1.165, 1.54) is 0 Å². The van der Waals surface area contributed by atoms with Crippen molar-refractivity contribution in [3.05, 3.63) is 29.8 Å². The molecule has 3 rings (SSSR count). The molecule has 1 saturated heterocycles. The maximum atomic E-state index is 12.3. The number of piperazine rings is 1. The highest BCUT2D eigenvalue weighted by molar-refractivity contribution is 14.0. The van der Waals surface area contributed by atoms with Crippen molar-refractivity contribution in [1.29, 1.82) is 0 Å². The van der Waals surface area contributed by atoms with Gasteiger partial charge in [0.25, 0.3) is 0 Å². The maximum absolute atomic E-state index is 12.3. The third-order valence-corrected chi connectivity index (χ3v) is 4.48. The van der Waals surface area contributed by atoms with Crippen molar-refractivity contribution in [1.82, 2.24) is 15.1 Å². The van der Waals surface area contributed by atoms with Gasteiger partial charge in [0.2, 0.25) is 5.91 Å². The molecule has 0 atom stereocenters. The predicted octanol–water partition coefficient (Wildman–Crippen LogP) is 1.82. The van der Waals surface area contributed by atoms with E-state index in [0.717, 1.165) is 50.4 Å². The molecule has 0 spiro atoms. The Bertz CT molecular complexity index is 602. The summed E-state index contributed by atoms with van der Waals surface area (Å²) in [7, 11) is 0. The molecule has 138 valence electrons. The molecule has 1 heterocycles. The molecular weight excluding hydrogens is 431 g/mol. The molecule has 0 unspecified atom stereocenters. The first-order valence-electron chi connectivity index (χ1n) is 8.78. The van der Waals surface area contributed by atoms with E-state index in [0.29, 0.717) is 19.1 Å². The minimum absolute atomic E-state index is 0.